The molecule has 2 heterocycles. The Morgan fingerprint density at radius 2 is 2.08 bits per heavy atom. The van der Waals surface area contributed by atoms with Crippen molar-refractivity contribution in [2.24, 2.45) is 7.05 Å². The topological polar surface area (TPSA) is 101 Å². The Morgan fingerprint density at radius 1 is 1.32 bits per heavy atom. The first-order valence-corrected chi connectivity index (χ1v) is 8.87. The average Bonchev–Trinajstić information content (AvgIpc) is 3.20. The highest BCUT2D eigenvalue weighted by atomic mass is 79.9. The van der Waals surface area contributed by atoms with Gasteiger partial charge in [0.05, 0.1) is 10.8 Å². The molecule has 0 N–H and O–H groups in total. The van der Waals surface area contributed by atoms with Crippen LogP contribution in [0.5, 0.6) is 5.75 Å². The highest BCUT2D eigenvalue weighted by molar-refractivity contribution is 9.10. The second kappa shape index (κ2) is 7.66. The maximum absolute atomic E-state index is 10.7. The van der Waals surface area contributed by atoms with Crippen molar-refractivity contribution in [1.29, 1.82) is 0 Å². The second-order valence-electron chi connectivity index (χ2n) is 4.97. The Labute approximate surface area is 155 Å². The Balaban J connectivity index is 1.58. The van der Waals surface area contributed by atoms with Gasteiger partial charge in [-0.25, -0.2) is 0 Å². The first-order chi connectivity index (χ1) is 12.0. The maximum atomic E-state index is 10.7. The average molecular weight is 425 g/mol. The smallest absolute Gasteiger partial charge is 0.307 e. The highest BCUT2D eigenvalue weighted by Gasteiger charge is 2.12. The minimum atomic E-state index is -0.478. The Kier molecular flexibility index (Phi) is 5.34. The number of benzene rings is 1. The van der Waals surface area contributed by atoms with Gasteiger partial charge in [0.15, 0.2) is 11.0 Å². The molecule has 130 valence electrons. The van der Waals surface area contributed by atoms with E-state index in [1.807, 2.05) is 35.9 Å². The lowest BCUT2D eigenvalue weighted by Crippen LogP contribution is -2.04. The summed E-state index contributed by atoms with van der Waals surface area (Å²) in [4.78, 5) is 10.2. The van der Waals surface area contributed by atoms with Gasteiger partial charge in [-0.15, -0.1) is 10.2 Å². The molecule has 0 aliphatic rings. The van der Waals surface area contributed by atoms with Crippen LogP contribution in [0.4, 0.5) is 5.69 Å². The number of ether oxygens (including phenoxy) is 1. The van der Waals surface area contributed by atoms with E-state index in [-0.39, 0.29) is 5.69 Å². The zero-order chi connectivity index (χ0) is 17.8. The van der Waals surface area contributed by atoms with Crippen LogP contribution in [-0.2, 0) is 19.5 Å². The molecule has 0 saturated carbocycles. The molecule has 0 spiro atoms. The van der Waals surface area contributed by atoms with Crippen molar-refractivity contribution >= 4 is 33.4 Å². The van der Waals surface area contributed by atoms with E-state index in [4.69, 9.17) is 4.74 Å². The third-order valence-corrected chi connectivity index (χ3v) is 4.80. The molecule has 0 amide bonds. The van der Waals surface area contributed by atoms with Gasteiger partial charge in [0, 0.05) is 11.5 Å². The lowest BCUT2D eigenvalue weighted by Gasteiger charge is -2.06. The van der Waals surface area contributed by atoms with Crippen molar-refractivity contribution in [2.45, 2.75) is 17.6 Å². The summed E-state index contributed by atoms with van der Waals surface area (Å²) < 4.78 is 9.97. The third-order valence-electron chi connectivity index (χ3n) is 3.26. The van der Waals surface area contributed by atoms with E-state index in [0.717, 1.165) is 10.2 Å². The molecule has 3 rings (SSSR count). The number of nitrogens with zero attached hydrogens (tertiary/aromatic N) is 6. The molecule has 0 radical (unpaired) electrons. The van der Waals surface area contributed by atoms with Gasteiger partial charge in [0.2, 0.25) is 0 Å². The number of nitro groups is 1. The summed E-state index contributed by atoms with van der Waals surface area (Å²) in [7, 11) is 1.84. The Bertz CT molecular complexity index is 879. The van der Waals surface area contributed by atoms with Gasteiger partial charge in [-0.05, 0) is 24.3 Å². The molecule has 9 nitrogen and oxygen atoms in total. The minimum Gasteiger partial charge on any atom is -0.486 e. The van der Waals surface area contributed by atoms with Crippen LogP contribution in [0.2, 0.25) is 0 Å². The number of thioether (sulfide) groups is 1. The molecule has 0 bridgehead atoms. The second-order valence-corrected chi connectivity index (χ2v) is 6.80. The van der Waals surface area contributed by atoms with Gasteiger partial charge < -0.3 is 9.30 Å². The summed E-state index contributed by atoms with van der Waals surface area (Å²) in [5.41, 5.74) is -0.0397. The van der Waals surface area contributed by atoms with Gasteiger partial charge in [-0.1, -0.05) is 27.7 Å². The minimum absolute atomic E-state index is 0.0397. The zero-order valence-electron chi connectivity index (χ0n) is 13.1. The van der Waals surface area contributed by atoms with E-state index in [1.54, 1.807) is 0 Å². The first-order valence-electron chi connectivity index (χ1n) is 7.09. The molecule has 2 aromatic heterocycles. The van der Waals surface area contributed by atoms with E-state index in [9.17, 15) is 10.1 Å². The fourth-order valence-electron chi connectivity index (χ4n) is 1.92. The molecule has 3 aromatic rings. The van der Waals surface area contributed by atoms with Gasteiger partial charge in [-0.2, -0.15) is 5.10 Å². The van der Waals surface area contributed by atoms with Gasteiger partial charge in [-0.3, -0.25) is 14.8 Å². The summed E-state index contributed by atoms with van der Waals surface area (Å²) in [5.74, 6) is 1.81. The SMILES string of the molecule is Cn1c(COc2ccc(Br)cc2)nnc1SCn1cc([N+](=O)[O-])cn1. The molecule has 0 aliphatic heterocycles. The van der Waals surface area contributed by atoms with E-state index < -0.39 is 4.92 Å². The van der Waals surface area contributed by atoms with Crippen molar-refractivity contribution in [2.75, 3.05) is 0 Å². The summed E-state index contributed by atoms with van der Waals surface area (Å²) in [5, 5.41) is 23.5. The number of aromatic nitrogens is 5. The number of hydrogen-bond donors (Lipinski definition) is 0. The molecule has 0 saturated heterocycles. The number of halogens is 1. The monoisotopic (exact) mass is 424 g/mol. The van der Waals surface area contributed by atoms with Crippen molar-refractivity contribution < 1.29 is 9.66 Å². The fraction of sp³-hybridized carbons (Fsp3) is 0.214. The van der Waals surface area contributed by atoms with Crippen LogP contribution in [0.3, 0.4) is 0 Å². The normalized spacial score (nSPS) is 10.8. The predicted octanol–water partition coefficient (Wildman–Crippen LogP) is 3.01. The van der Waals surface area contributed by atoms with Crippen LogP contribution >= 0.6 is 27.7 Å². The highest BCUT2D eigenvalue weighted by Crippen LogP contribution is 2.20. The van der Waals surface area contributed by atoms with Crippen LogP contribution < -0.4 is 4.74 Å². The summed E-state index contributed by atoms with van der Waals surface area (Å²) in [6, 6.07) is 7.52. The summed E-state index contributed by atoms with van der Waals surface area (Å²) in [6.45, 7) is 0.291. The molecule has 11 heteroatoms. The molecular weight excluding hydrogens is 412 g/mol. The van der Waals surface area contributed by atoms with Crippen molar-refractivity contribution in [3.05, 3.63) is 57.1 Å². The molecule has 0 atom stereocenters. The Morgan fingerprint density at radius 3 is 2.76 bits per heavy atom. The zero-order valence-corrected chi connectivity index (χ0v) is 15.5. The molecular formula is C14H13BrN6O3S. The number of rotatable bonds is 7. The van der Waals surface area contributed by atoms with Crippen LogP contribution in [0, 0.1) is 10.1 Å². The fourth-order valence-corrected chi connectivity index (χ4v) is 2.97. The van der Waals surface area contributed by atoms with E-state index in [1.165, 1.54) is 28.8 Å². The molecule has 1 aromatic carbocycles. The van der Waals surface area contributed by atoms with E-state index in [0.29, 0.717) is 23.5 Å². The molecule has 0 unspecified atom stereocenters. The van der Waals surface area contributed by atoms with Crippen molar-refractivity contribution in [1.82, 2.24) is 24.5 Å². The summed E-state index contributed by atoms with van der Waals surface area (Å²) >= 11 is 4.75. The maximum Gasteiger partial charge on any atom is 0.307 e. The van der Waals surface area contributed by atoms with Crippen molar-refractivity contribution in [3.63, 3.8) is 0 Å². The van der Waals surface area contributed by atoms with Crippen molar-refractivity contribution in [3.8, 4) is 5.75 Å². The van der Waals surface area contributed by atoms with Crippen LogP contribution in [-0.4, -0.2) is 29.5 Å². The van der Waals surface area contributed by atoms with E-state index in [2.05, 4.69) is 31.2 Å². The van der Waals surface area contributed by atoms with E-state index >= 15 is 0 Å². The van der Waals surface area contributed by atoms with Crippen LogP contribution in [0.15, 0.2) is 46.3 Å². The first kappa shape index (κ1) is 17.4. The quantitative estimate of drug-likeness (QED) is 0.326. The summed E-state index contributed by atoms with van der Waals surface area (Å²) in [6.07, 6.45) is 2.59. The molecule has 0 fully saturated rings. The molecule has 25 heavy (non-hydrogen) atoms. The lowest BCUT2D eigenvalue weighted by molar-refractivity contribution is -0.385. The molecule has 0 aliphatic carbocycles. The van der Waals surface area contributed by atoms with Gasteiger partial charge >= 0.3 is 5.69 Å². The van der Waals surface area contributed by atoms with Crippen LogP contribution in [0.25, 0.3) is 0 Å². The lowest BCUT2D eigenvalue weighted by atomic mass is 10.3. The van der Waals surface area contributed by atoms with Gasteiger partial charge in [0.25, 0.3) is 0 Å². The predicted molar refractivity (Wildman–Crippen MR) is 94.2 cm³/mol. The van der Waals surface area contributed by atoms with Crippen LogP contribution in [0.1, 0.15) is 5.82 Å². The standard InChI is InChI=1S/C14H13BrN6O3S/c1-19-13(8-24-12-4-2-10(15)3-5-12)17-18-14(19)25-9-20-7-11(6-16-20)21(22)23/h2-7H,8-9H2,1H3. The largest absolute Gasteiger partial charge is 0.486 e. The van der Waals surface area contributed by atoms with Gasteiger partial charge in [0.1, 0.15) is 24.8 Å². The Hall–Kier alpha value is -2.40. The third kappa shape index (κ3) is 4.37. The number of hydrogen-bond acceptors (Lipinski definition) is 7.